The molecular formula is C22H27F6N5O7. The van der Waals surface area contributed by atoms with Gasteiger partial charge in [-0.3, -0.25) is 14.4 Å². The number of hydrogen-bond donors (Lipinski definition) is 5. The summed E-state index contributed by atoms with van der Waals surface area (Å²) in [6, 6.07) is 1.40. The zero-order valence-corrected chi connectivity index (χ0v) is 21.1. The summed E-state index contributed by atoms with van der Waals surface area (Å²) in [6.07, 6.45) is -8.13. The van der Waals surface area contributed by atoms with Gasteiger partial charge in [-0.15, -0.1) is 0 Å². The summed E-state index contributed by atoms with van der Waals surface area (Å²) in [6.45, 7) is -1.08. The number of nitrogens with two attached hydrogens (primary N) is 1. The monoisotopic (exact) mass is 587 g/mol. The summed E-state index contributed by atoms with van der Waals surface area (Å²) in [5, 5.41) is 15.8. The topological polar surface area (TPSA) is 172 Å². The zero-order chi connectivity index (χ0) is 30.5. The molecule has 1 aromatic carbocycles. The molecule has 0 bridgehead atoms. The lowest BCUT2D eigenvalue weighted by atomic mass is 10.0. The Morgan fingerprint density at radius 1 is 1.15 bits per heavy atom. The fraction of sp³-hybridized carbons (Fsp3) is 0.545. The van der Waals surface area contributed by atoms with Gasteiger partial charge in [0.2, 0.25) is 5.60 Å². The van der Waals surface area contributed by atoms with E-state index in [1.165, 1.54) is 13.0 Å². The summed E-state index contributed by atoms with van der Waals surface area (Å²) < 4.78 is 88.0. The van der Waals surface area contributed by atoms with Crippen LogP contribution in [0.4, 0.5) is 36.8 Å². The van der Waals surface area contributed by atoms with Crippen molar-refractivity contribution in [1.82, 2.24) is 16.0 Å². The summed E-state index contributed by atoms with van der Waals surface area (Å²) >= 11 is 0. The molecule has 0 aromatic heterocycles. The van der Waals surface area contributed by atoms with E-state index in [4.69, 9.17) is 15.2 Å². The molecule has 1 heterocycles. The fourth-order valence-electron chi connectivity index (χ4n) is 3.27. The van der Waals surface area contributed by atoms with Crippen molar-refractivity contribution in [1.29, 1.82) is 0 Å². The van der Waals surface area contributed by atoms with Crippen molar-refractivity contribution >= 4 is 29.5 Å². The van der Waals surface area contributed by atoms with Crippen LogP contribution in [0.25, 0.3) is 0 Å². The SMILES string of the molecule is C[C@H]1Oc2ccc(F)cc2N(CCOC(=O)NCCN)C(=O)[C@H]1NC(=O)C(C)(O)C(=O)NCC(F)(F)C(F)(F)F. The smallest absolute Gasteiger partial charge is 0.455 e. The molecule has 1 aromatic rings. The number of rotatable bonds is 10. The van der Waals surface area contributed by atoms with Crippen LogP contribution in [0.15, 0.2) is 18.2 Å². The van der Waals surface area contributed by atoms with Gasteiger partial charge in [-0.05, 0) is 26.0 Å². The summed E-state index contributed by atoms with van der Waals surface area (Å²) in [5.41, 5.74) is 1.92. The second-order valence-corrected chi connectivity index (χ2v) is 8.68. The first-order valence-corrected chi connectivity index (χ1v) is 11.6. The maximum Gasteiger partial charge on any atom is 0.455 e. The van der Waals surface area contributed by atoms with Crippen molar-refractivity contribution in [2.24, 2.45) is 5.73 Å². The molecular weight excluding hydrogens is 560 g/mol. The number of benzene rings is 1. The van der Waals surface area contributed by atoms with Crippen LogP contribution in [-0.4, -0.2) is 91.6 Å². The highest BCUT2D eigenvalue weighted by molar-refractivity contribution is 6.10. The van der Waals surface area contributed by atoms with Gasteiger partial charge in [-0.2, -0.15) is 22.0 Å². The Morgan fingerprint density at radius 3 is 2.40 bits per heavy atom. The number of fused-ring (bicyclic) bond motifs is 1. The number of alkyl carbamates (subject to hydrolysis) is 1. The van der Waals surface area contributed by atoms with Gasteiger partial charge in [-0.1, -0.05) is 0 Å². The van der Waals surface area contributed by atoms with Crippen molar-refractivity contribution in [2.75, 3.05) is 37.7 Å². The first kappa shape index (κ1) is 32.4. The third-order valence-corrected chi connectivity index (χ3v) is 5.54. The number of halogens is 6. The lowest BCUT2D eigenvalue weighted by Gasteiger charge is -2.29. The number of aliphatic hydroxyl groups is 1. The Balaban J connectivity index is 2.23. The molecule has 1 unspecified atom stereocenters. The number of carbonyl (C=O) groups is 4. The molecule has 0 saturated heterocycles. The van der Waals surface area contributed by atoms with E-state index < -0.39 is 79.2 Å². The average molecular weight is 587 g/mol. The van der Waals surface area contributed by atoms with Crippen LogP contribution in [0.2, 0.25) is 0 Å². The molecule has 4 amide bonds. The predicted molar refractivity (Wildman–Crippen MR) is 124 cm³/mol. The normalized spacial score (nSPS) is 18.9. The lowest BCUT2D eigenvalue weighted by Crippen LogP contribution is -2.63. The largest absolute Gasteiger partial charge is 0.486 e. The van der Waals surface area contributed by atoms with E-state index >= 15 is 0 Å². The second-order valence-electron chi connectivity index (χ2n) is 8.68. The fourth-order valence-corrected chi connectivity index (χ4v) is 3.27. The van der Waals surface area contributed by atoms with E-state index in [0.717, 1.165) is 22.3 Å². The Bertz CT molecular complexity index is 1120. The van der Waals surface area contributed by atoms with Gasteiger partial charge in [0, 0.05) is 19.2 Å². The Morgan fingerprint density at radius 2 is 1.80 bits per heavy atom. The summed E-state index contributed by atoms with van der Waals surface area (Å²) in [7, 11) is 0. The number of hydrogen-bond acceptors (Lipinski definition) is 8. The number of nitrogens with one attached hydrogen (secondary N) is 3. The van der Waals surface area contributed by atoms with Crippen molar-refractivity contribution in [3.8, 4) is 5.75 Å². The van der Waals surface area contributed by atoms with E-state index in [2.05, 4.69) is 5.32 Å². The standard InChI is InChI=1S/C22H27F6N5O7/c1-11-15(32-18(36)20(2,38)17(35)31-10-21(24,25)22(26,27)28)16(34)33(7-8-39-19(37)30-6-5-29)13-9-12(23)3-4-14(13)40-11/h3-4,9,11,15,38H,5-8,10,29H2,1-2H3,(H,30,37)(H,31,35)(H,32,36)/t11-,15+,20?/m1/s1. The van der Waals surface area contributed by atoms with E-state index in [-0.39, 0.29) is 24.5 Å². The molecule has 1 aliphatic rings. The third-order valence-electron chi connectivity index (χ3n) is 5.54. The van der Waals surface area contributed by atoms with Crippen LogP contribution in [0.1, 0.15) is 13.8 Å². The van der Waals surface area contributed by atoms with Gasteiger partial charge in [0.1, 0.15) is 30.3 Å². The zero-order valence-electron chi connectivity index (χ0n) is 21.1. The number of anilines is 1. The van der Waals surface area contributed by atoms with Crippen LogP contribution in [0, 0.1) is 5.82 Å². The lowest BCUT2D eigenvalue weighted by molar-refractivity contribution is -0.278. The molecule has 0 aliphatic carbocycles. The Hall–Kier alpha value is -3.80. The number of alkyl halides is 5. The van der Waals surface area contributed by atoms with Crippen LogP contribution in [-0.2, 0) is 19.1 Å². The number of nitrogens with zero attached hydrogens (tertiary/aromatic N) is 1. The third kappa shape index (κ3) is 7.65. The number of carbonyl (C=O) groups excluding carboxylic acids is 4. The average Bonchev–Trinajstić information content (AvgIpc) is 2.95. The molecule has 0 spiro atoms. The highest BCUT2D eigenvalue weighted by Crippen LogP contribution is 2.35. The summed E-state index contributed by atoms with van der Waals surface area (Å²) in [5.74, 6) is -10.7. The van der Waals surface area contributed by atoms with Crippen LogP contribution in [0.5, 0.6) is 5.75 Å². The Labute approximate surface area is 223 Å². The molecule has 0 fully saturated rings. The van der Waals surface area contributed by atoms with Crippen molar-refractivity contribution in [3.05, 3.63) is 24.0 Å². The van der Waals surface area contributed by atoms with Crippen molar-refractivity contribution in [3.63, 3.8) is 0 Å². The van der Waals surface area contributed by atoms with E-state index in [1.807, 2.05) is 5.32 Å². The van der Waals surface area contributed by atoms with Gasteiger partial charge in [0.25, 0.3) is 17.7 Å². The number of amides is 4. The second kappa shape index (κ2) is 12.6. The highest BCUT2D eigenvalue weighted by Gasteiger charge is 2.58. The molecule has 40 heavy (non-hydrogen) atoms. The van der Waals surface area contributed by atoms with Gasteiger partial charge < -0.3 is 41.2 Å². The maximum absolute atomic E-state index is 14.0. The molecule has 0 saturated carbocycles. The minimum absolute atomic E-state index is 0.0366. The quantitative estimate of drug-likeness (QED) is 0.191. The van der Waals surface area contributed by atoms with E-state index in [1.54, 1.807) is 0 Å². The molecule has 12 nitrogen and oxygen atoms in total. The van der Waals surface area contributed by atoms with Crippen LogP contribution in [0.3, 0.4) is 0 Å². The first-order chi connectivity index (χ1) is 18.4. The number of ether oxygens (including phenoxy) is 2. The molecule has 3 atom stereocenters. The molecule has 18 heteroatoms. The van der Waals surface area contributed by atoms with Gasteiger partial charge in [0.15, 0.2) is 0 Å². The first-order valence-electron chi connectivity index (χ1n) is 11.6. The molecule has 1 aliphatic heterocycles. The molecule has 0 radical (unpaired) electrons. The van der Waals surface area contributed by atoms with Gasteiger partial charge in [-0.25, -0.2) is 9.18 Å². The predicted octanol–water partition coefficient (Wildman–Crippen LogP) is 0.174. The van der Waals surface area contributed by atoms with Gasteiger partial charge in [0.05, 0.1) is 18.8 Å². The van der Waals surface area contributed by atoms with Gasteiger partial charge >= 0.3 is 18.2 Å². The minimum atomic E-state index is -6.01. The summed E-state index contributed by atoms with van der Waals surface area (Å²) in [4.78, 5) is 50.9. The van der Waals surface area contributed by atoms with Crippen molar-refractivity contribution < 1.29 is 60.1 Å². The van der Waals surface area contributed by atoms with Crippen LogP contribution < -0.4 is 31.3 Å². The van der Waals surface area contributed by atoms with E-state index in [9.17, 15) is 50.6 Å². The molecule has 2 rings (SSSR count). The Kier molecular flexibility index (Phi) is 10.2. The maximum atomic E-state index is 14.0. The van der Waals surface area contributed by atoms with E-state index in [0.29, 0.717) is 6.92 Å². The molecule has 6 N–H and O–H groups in total. The highest BCUT2D eigenvalue weighted by atomic mass is 19.4. The minimum Gasteiger partial charge on any atom is -0.486 e. The van der Waals surface area contributed by atoms with Crippen molar-refractivity contribution in [2.45, 2.75) is 43.7 Å². The molecule has 224 valence electrons. The van der Waals surface area contributed by atoms with Crippen LogP contribution >= 0.6 is 0 Å².